The van der Waals surface area contributed by atoms with Gasteiger partial charge in [-0.1, -0.05) is 84.9 Å². The van der Waals surface area contributed by atoms with Crippen molar-refractivity contribution in [1.29, 1.82) is 0 Å². The van der Waals surface area contributed by atoms with Crippen molar-refractivity contribution in [2.75, 3.05) is 4.90 Å². The minimum Gasteiger partial charge on any atom is -0.455 e. The summed E-state index contributed by atoms with van der Waals surface area (Å²) in [6.45, 7) is 0. The largest absolute Gasteiger partial charge is 0.455 e. The molecule has 47 heavy (non-hydrogen) atoms. The van der Waals surface area contributed by atoms with Crippen LogP contribution in [0.4, 0.5) is 17.1 Å². The van der Waals surface area contributed by atoms with E-state index in [0.29, 0.717) is 0 Å². The third-order valence-electron chi connectivity index (χ3n) is 9.61. The molecular formula is C42H26N2OS2. The first-order valence-electron chi connectivity index (χ1n) is 15.9. The van der Waals surface area contributed by atoms with Gasteiger partial charge in [-0.15, -0.1) is 11.3 Å². The predicted molar refractivity (Wildman–Crippen MR) is 199 cm³/mol. The van der Waals surface area contributed by atoms with Crippen molar-refractivity contribution in [2.45, 2.75) is 14.7 Å². The first kappa shape index (κ1) is 25.7. The number of ether oxygens (including phenoxy) is 1. The van der Waals surface area contributed by atoms with E-state index in [1.54, 1.807) is 0 Å². The zero-order valence-corrected chi connectivity index (χ0v) is 26.8. The molecule has 11 rings (SSSR count). The normalized spacial score (nSPS) is 15.1. The number of fused-ring (bicyclic) bond motifs is 11. The second kappa shape index (κ2) is 9.52. The van der Waals surface area contributed by atoms with Gasteiger partial charge in [0.25, 0.3) is 0 Å². The molecule has 2 aliphatic rings. The van der Waals surface area contributed by atoms with E-state index in [0.717, 1.165) is 28.6 Å². The SMILES string of the molecule is c1ccc(N(c2ccccc2)c2cc3c4c(c2)-n2c5ccccc5c5cc6sc7ccccc7c6c(c52)[SH]4c2ccccc2O3)cc1. The molecule has 1 unspecified atom stereocenters. The fourth-order valence-corrected chi connectivity index (χ4v) is 11.9. The van der Waals surface area contributed by atoms with E-state index in [-0.39, 0.29) is 0 Å². The van der Waals surface area contributed by atoms with Crippen LogP contribution in [0.3, 0.4) is 0 Å². The highest BCUT2D eigenvalue weighted by atomic mass is 32.2. The Hall–Kier alpha value is -5.49. The first-order valence-corrected chi connectivity index (χ1v) is 18.0. The molecule has 0 spiro atoms. The Bertz CT molecular complexity index is 2690. The van der Waals surface area contributed by atoms with E-state index in [1.807, 2.05) is 11.3 Å². The van der Waals surface area contributed by atoms with E-state index < -0.39 is 10.9 Å². The third-order valence-corrected chi connectivity index (χ3v) is 13.4. The molecule has 0 aliphatic carbocycles. The summed E-state index contributed by atoms with van der Waals surface area (Å²) in [4.78, 5) is 6.37. The van der Waals surface area contributed by atoms with Crippen molar-refractivity contribution in [3.8, 4) is 17.2 Å². The summed E-state index contributed by atoms with van der Waals surface area (Å²) >= 11 is 1.91. The van der Waals surface area contributed by atoms with Gasteiger partial charge in [0.15, 0.2) is 0 Å². The van der Waals surface area contributed by atoms with Gasteiger partial charge in [0.2, 0.25) is 0 Å². The average Bonchev–Trinajstić information content (AvgIpc) is 3.67. The minimum absolute atomic E-state index is 0.922. The van der Waals surface area contributed by atoms with Crippen molar-refractivity contribution in [3.63, 3.8) is 0 Å². The molecule has 9 aromatic rings. The highest BCUT2D eigenvalue weighted by Gasteiger charge is 2.38. The molecule has 5 heteroatoms. The summed E-state index contributed by atoms with van der Waals surface area (Å²) in [5, 5.41) is 5.34. The van der Waals surface area contributed by atoms with Crippen LogP contribution < -0.4 is 9.64 Å². The number of para-hydroxylation sites is 4. The molecule has 1 atom stereocenters. The van der Waals surface area contributed by atoms with Crippen LogP contribution in [-0.4, -0.2) is 4.57 Å². The second-order valence-electron chi connectivity index (χ2n) is 12.2. The number of thiophene rings is 1. The molecule has 0 bridgehead atoms. The lowest BCUT2D eigenvalue weighted by Crippen LogP contribution is -2.15. The maximum Gasteiger partial charge on any atom is 0.144 e. The van der Waals surface area contributed by atoms with E-state index in [1.165, 1.54) is 62.4 Å². The fraction of sp³-hybridized carbons (Fsp3) is 0. The van der Waals surface area contributed by atoms with Crippen LogP contribution in [0.25, 0.3) is 47.7 Å². The van der Waals surface area contributed by atoms with E-state index in [4.69, 9.17) is 4.74 Å². The molecule has 2 aliphatic heterocycles. The molecule has 0 amide bonds. The summed E-state index contributed by atoms with van der Waals surface area (Å²) in [5.74, 6) is 1.89. The molecule has 0 N–H and O–H groups in total. The van der Waals surface area contributed by atoms with Gasteiger partial charge in [0.1, 0.15) is 11.5 Å². The van der Waals surface area contributed by atoms with Crippen molar-refractivity contribution >= 4 is 81.3 Å². The highest BCUT2D eigenvalue weighted by Crippen LogP contribution is 2.69. The summed E-state index contributed by atoms with van der Waals surface area (Å²) in [6, 6.07) is 54.9. The standard InChI is InChI=1S/C42H26N2OS2/c1-3-13-26(14-4-1)43(27-15-5-2-6-16-27)28-23-33-41-35(24-28)45-34-20-10-12-22-38(34)47(41)42-39-30-18-8-11-21-36(30)46-37(39)25-31-29-17-7-9-19-32(29)44(33)40(31)42/h1-25,47H. The number of anilines is 3. The maximum absolute atomic E-state index is 6.95. The molecule has 0 saturated heterocycles. The smallest absolute Gasteiger partial charge is 0.144 e. The molecule has 0 fully saturated rings. The predicted octanol–water partition coefficient (Wildman–Crippen LogP) is 12.5. The maximum atomic E-state index is 6.95. The molecule has 2 aromatic heterocycles. The zero-order chi connectivity index (χ0) is 30.6. The van der Waals surface area contributed by atoms with E-state index in [9.17, 15) is 0 Å². The molecule has 7 aromatic carbocycles. The molecule has 3 nitrogen and oxygen atoms in total. The summed E-state index contributed by atoms with van der Waals surface area (Å²) in [7, 11) is -0.922. The van der Waals surface area contributed by atoms with Crippen LogP contribution in [0.1, 0.15) is 0 Å². The lowest BCUT2D eigenvalue weighted by atomic mass is 10.1. The third kappa shape index (κ3) is 3.47. The second-order valence-corrected chi connectivity index (χ2v) is 15.3. The summed E-state index contributed by atoms with van der Waals surface area (Å²) < 4.78 is 12.2. The van der Waals surface area contributed by atoms with Gasteiger partial charge in [-0.25, -0.2) is 0 Å². The quantitative estimate of drug-likeness (QED) is 0.194. The Morgan fingerprint density at radius 2 is 1.21 bits per heavy atom. The van der Waals surface area contributed by atoms with Crippen LogP contribution >= 0.6 is 22.2 Å². The van der Waals surface area contributed by atoms with E-state index in [2.05, 4.69) is 161 Å². The topological polar surface area (TPSA) is 17.4 Å². The van der Waals surface area contributed by atoms with Crippen molar-refractivity contribution in [1.82, 2.24) is 4.57 Å². The molecule has 222 valence electrons. The Labute approximate surface area is 277 Å². The summed E-state index contributed by atoms with van der Waals surface area (Å²) in [6.07, 6.45) is 0. The lowest BCUT2D eigenvalue weighted by molar-refractivity contribution is 0.453. The van der Waals surface area contributed by atoms with Gasteiger partial charge < -0.3 is 14.2 Å². The van der Waals surface area contributed by atoms with Gasteiger partial charge in [-0.05, 0) is 60.7 Å². The van der Waals surface area contributed by atoms with Crippen molar-refractivity contribution in [2.24, 2.45) is 0 Å². The number of hydrogen-bond donors (Lipinski definition) is 1. The number of rotatable bonds is 3. The van der Waals surface area contributed by atoms with Gasteiger partial charge in [-0.2, -0.15) is 10.9 Å². The van der Waals surface area contributed by atoms with Crippen LogP contribution in [0.15, 0.2) is 166 Å². The Kier molecular flexibility index (Phi) is 5.20. The van der Waals surface area contributed by atoms with Gasteiger partial charge in [-0.3, -0.25) is 0 Å². The summed E-state index contributed by atoms with van der Waals surface area (Å²) in [5.41, 5.74) is 7.04. The van der Waals surface area contributed by atoms with Crippen LogP contribution in [0.5, 0.6) is 11.5 Å². The number of nitrogens with zero attached hydrogens (tertiary/aromatic N) is 2. The number of hydrogen-bond acceptors (Lipinski definition) is 3. The minimum atomic E-state index is -0.922. The van der Waals surface area contributed by atoms with Crippen LogP contribution in [-0.2, 0) is 0 Å². The average molecular weight is 639 g/mol. The zero-order valence-electron chi connectivity index (χ0n) is 25.1. The van der Waals surface area contributed by atoms with Gasteiger partial charge in [0.05, 0.1) is 27.3 Å². The Morgan fingerprint density at radius 3 is 2.02 bits per heavy atom. The Balaban J connectivity index is 1.33. The van der Waals surface area contributed by atoms with Crippen molar-refractivity contribution in [3.05, 3.63) is 152 Å². The van der Waals surface area contributed by atoms with Gasteiger partial charge in [0, 0.05) is 58.2 Å². The monoisotopic (exact) mass is 638 g/mol. The van der Waals surface area contributed by atoms with Crippen LogP contribution in [0, 0.1) is 0 Å². The lowest BCUT2D eigenvalue weighted by Gasteiger charge is -2.39. The molecule has 4 heterocycles. The molecule has 0 radical (unpaired) electrons. The molecule has 0 saturated carbocycles. The van der Waals surface area contributed by atoms with Gasteiger partial charge >= 0.3 is 0 Å². The first-order chi connectivity index (χ1) is 23.3. The Morgan fingerprint density at radius 1 is 0.532 bits per heavy atom. The van der Waals surface area contributed by atoms with Crippen LogP contribution in [0.2, 0.25) is 0 Å². The van der Waals surface area contributed by atoms with Crippen molar-refractivity contribution < 1.29 is 4.74 Å². The fourth-order valence-electron chi connectivity index (χ4n) is 7.75. The molecular weight excluding hydrogens is 613 g/mol. The number of thiol groups is 1. The highest BCUT2D eigenvalue weighted by molar-refractivity contribution is 8.17. The van der Waals surface area contributed by atoms with E-state index >= 15 is 0 Å². The number of benzene rings is 7. The number of aromatic nitrogens is 1.